The van der Waals surface area contributed by atoms with Gasteiger partial charge in [0.05, 0.1) is 25.7 Å². The van der Waals surface area contributed by atoms with Crippen molar-refractivity contribution >= 4 is 11.8 Å². The summed E-state index contributed by atoms with van der Waals surface area (Å²) >= 11 is 0. The van der Waals surface area contributed by atoms with Gasteiger partial charge >= 0.3 is 0 Å². The van der Waals surface area contributed by atoms with E-state index in [4.69, 9.17) is 13.6 Å². The van der Waals surface area contributed by atoms with Crippen LogP contribution in [-0.4, -0.2) is 35.1 Å². The molecule has 1 saturated heterocycles. The maximum Gasteiger partial charge on any atom is 0.292 e. The smallest absolute Gasteiger partial charge is 0.292 e. The monoisotopic (exact) mass is 358 g/mol. The Hall–Kier alpha value is -2.54. The van der Waals surface area contributed by atoms with Crippen LogP contribution in [0, 0.1) is 0 Å². The lowest BCUT2D eigenvalue weighted by Gasteiger charge is -2.41. The predicted molar refractivity (Wildman–Crippen MR) is 91.0 cm³/mol. The molecule has 2 aromatic heterocycles. The highest BCUT2D eigenvalue weighted by Crippen LogP contribution is 2.41. The number of rotatable bonds is 4. The molecular formula is C19H22N2O5. The van der Waals surface area contributed by atoms with E-state index >= 15 is 0 Å². The molecule has 0 aromatic carbocycles. The average molecular weight is 358 g/mol. The minimum Gasteiger partial charge on any atom is -0.467 e. The maximum atomic E-state index is 13.1. The lowest BCUT2D eigenvalue weighted by Crippen LogP contribution is -2.56. The SMILES string of the molecule is O=C(NCc1ccco1)C1COC2(CCCCC2)N1C(=O)c1ccco1. The Kier molecular flexibility index (Phi) is 4.55. The van der Waals surface area contributed by atoms with Crippen LogP contribution >= 0.6 is 0 Å². The van der Waals surface area contributed by atoms with Gasteiger partial charge in [0.1, 0.15) is 17.5 Å². The molecule has 7 heteroatoms. The normalized spacial score (nSPS) is 21.8. The molecule has 1 saturated carbocycles. The average Bonchev–Trinajstić information content (AvgIpc) is 3.41. The number of hydrogen-bond acceptors (Lipinski definition) is 5. The number of hydrogen-bond donors (Lipinski definition) is 1. The number of furan rings is 2. The van der Waals surface area contributed by atoms with E-state index < -0.39 is 11.8 Å². The molecule has 1 unspecified atom stereocenters. The first kappa shape index (κ1) is 16.9. The third kappa shape index (κ3) is 3.03. The minimum absolute atomic E-state index is 0.191. The van der Waals surface area contributed by atoms with E-state index in [-0.39, 0.29) is 30.7 Å². The fourth-order valence-electron chi connectivity index (χ4n) is 3.90. The van der Waals surface area contributed by atoms with Crippen LogP contribution in [0.5, 0.6) is 0 Å². The predicted octanol–water partition coefficient (Wildman–Crippen LogP) is 2.69. The van der Waals surface area contributed by atoms with Gasteiger partial charge < -0.3 is 18.9 Å². The van der Waals surface area contributed by atoms with E-state index in [9.17, 15) is 9.59 Å². The topological polar surface area (TPSA) is 84.9 Å². The molecule has 3 heterocycles. The Morgan fingerprint density at radius 1 is 1.12 bits per heavy atom. The molecule has 2 amide bonds. The van der Waals surface area contributed by atoms with Crippen molar-refractivity contribution in [1.29, 1.82) is 0 Å². The van der Waals surface area contributed by atoms with Gasteiger partial charge in [0, 0.05) is 0 Å². The molecule has 2 aliphatic rings. The molecule has 1 spiro atoms. The highest BCUT2D eigenvalue weighted by molar-refractivity contribution is 5.96. The van der Waals surface area contributed by atoms with Crippen molar-refractivity contribution in [3.63, 3.8) is 0 Å². The number of nitrogens with one attached hydrogen (secondary N) is 1. The zero-order chi connectivity index (χ0) is 18.0. The highest BCUT2D eigenvalue weighted by atomic mass is 16.5. The first-order valence-electron chi connectivity index (χ1n) is 9.01. The molecule has 0 radical (unpaired) electrons. The molecular weight excluding hydrogens is 336 g/mol. The standard InChI is InChI=1S/C19H22N2O5/c22-17(20-12-14-6-4-10-24-14)15-13-26-19(8-2-1-3-9-19)21(15)18(23)16-7-5-11-25-16/h4-7,10-11,15H,1-3,8-9,12-13H2,(H,20,22). The van der Waals surface area contributed by atoms with Crippen molar-refractivity contribution in [2.45, 2.75) is 50.4 Å². The first-order valence-corrected chi connectivity index (χ1v) is 9.01. The van der Waals surface area contributed by atoms with Gasteiger partial charge in [-0.25, -0.2) is 0 Å². The van der Waals surface area contributed by atoms with Crippen LogP contribution in [0.4, 0.5) is 0 Å². The lowest BCUT2D eigenvalue weighted by molar-refractivity contribution is -0.127. The van der Waals surface area contributed by atoms with E-state index in [2.05, 4.69) is 5.32 Å². The van der Waals surface area contributed by atoms with E-state index in [1.807, 2.05) is 0 Å². The number of carbonyl (C=O) groups is 2. The Bertz CT molecular complexity index is 747. The zero-order valence-electron chi connectivity index (χ0n) is 14.5. The lowest BCUT2D eigenvalue weighted by atomic mass is 9.90. The second-order valence-electron chi connectivity index (χ2n) is 6.78. The van der Waals surface area contributed by atoms with Crippen LogP contribution < -0.4 is 5.32 Å². The molecule has 2 aromatic rings. The van der Waals surface area contributed by atoms with Gasteiger partial charge in [-0.1, -0.05) is 6.42 Å². The van der Waals surface area contributed by atoms with E-state index in [1.54, 1.807) is 35.4 Å². The van der Waals surface area contributed by atoms with Gasteiger partial charge in [-0.2, -0.15) is 0 Å². The van der Waals surface area contributed by atoms with Crippen molar-refractivity contribution in [3.05, 3.63) is 48.3 Å². The summed E-state index contributed by atoms with van der Waals surface area (Å²) in [5.74, 6) is 0.342. The van der Waals surface area contributed by atoms with Gasteiger partial charge in [0.15, 0.2) is 5.76 Å². The molecule has 1 atom stereocenters. The second-order valence-corrected chi connectivity index (χ2v) is 6.78. The van der Waals surface area contributed by atoms with Crippen LogP contribution in [-0.2, 0) is 16.1 Å². The van der Waals surface area contributed by atoms with Gasteiger partial charge in [-0.15, -0.1) is 0 Å². The van der Waals surface area contributed by atoms with Crippen molar-refractivity contribution in [2.75, 3.05) is 6.61 Å². The quantitative estimate of drug-likeness (QED) is 0.908. The number of carbonyl (C=O) groups excluding carboxylic acids is 2. The van der Waals surface area contributed by atoms with Crippen LogP contribution in [0.1, 0.15) is 48.4 Å². The molecule has 138 valence electrons. The largest absolute Gasteiger partial charge is 0.467 e. The van der Waals surface area contributed by atoms with E-state index in [0.717, 1.165) is 32.1 Å². The van der Waals surface area contributed by atoms with Gasteiger partial charge in [-0.05, 0) is 49.9 Å². The third-order valence-corrected chi connectivity index (χ3v) is 5.17. The summed E-state index contributed by atoms with van der Waals surface area (Å²) in [5.41, 5.74) is -0.713. The summed E-state index contributed by atoms with van der Waals surface area (Å²) in [5, 5.41) is 2.84. The molecule has 7 nitrogen and oxygen atoms in total. The second kappa shape index (κ2) is 6.99. The van der Waals surface area contributed by atoms with Crippen molar-refractivity contribution in [2.24, 2.45) is 0 Å². The van der Waals surface area contributed by atoms with Crippen LogP contribution in [0.3, 0.4) is 0 Å². The minimum atomic E-state index is -0.713. The van der Waals surface area contributed by atoms with Crippen molar-refractivity contribution in [3.8, 4) is 0 Å². The van der Waals surface area contributed by atoms with Gasteiger partial charge in [0.25, 0.3) is 5.91 Å². The van der Waals surface area contributed by atoms with E-state index in [0.29, 0.717) is 5.76 Å². The number of nitrogens with zero attached hydrogens (tertiary/aromatic N) is 1. The summed E-state index contributed by atoms with van der Waals surface area (Å²) in [6, 6.07) is 6.17. The Balaban J connectivity index is 1.56. The molecule has 4 rings (SSSR count). The summed E-state index contributed by atoms with van der Waals surface area (Å²) in [6.07, 6.45) is 7.56. The highest BCUT2D eigenvalue weighted by Gasteiger charge is 2.53. The Morgan fingerprint density at radius 2 is 1.88 bits per heavy atom. The van der Waals surface area contributed by atoms with Crippen LogP contribution in [0.2, 0.25) is 0 Å². The Morgan fingerprint density at radius 3 is 2.58 bits per heavy atom. The first-order chi connectivity index (χ1) is 12.7. The van der Waals surface area contributed by atoms with Crippen molar-refractivity contribution < 1.29 is 23.2 Å². The summed E-state index contributed by atoms with van der Waals surface area (Å²) < 4.78 is 16.6. The van der Waals surface area contributed by atoms with Crippen LogP contribution in [0.15, 0.2) is 45.6 Å². The van der Waals surface area contributed by atoms with Gasteiger partial charge in [-0.3, -0.25) is 14.5 Å². The summed E-state index contributed by atoms with van der Waals surface area (Å²) in [7, 11) is 0. The maximum absolute atomic E-state index is 13.1. The number of ether oxygens (including phenoxy) is 1. The summed E-state index contributed by atoms with van der Waals surface area (Å²) in [4.78, 5) is 27.5. The molecule has 0 bridgehead atoms. The molecule has 1 aliphatic carbocycles. The zero-order valence-corrected chi connectivity index (χ0v) is 14.5. The fourth-order valence-corrected chi connectivity index (χ4v) is 3.90. The Labute approximate surface area is 151 Å². The number of amides is 2. The van der Waals surface area contributed by atoms with Gasteiger partial charge in [0.2, 0.25) is 5.91 Å². The molecule has 2 fully saturated rings. The molecule has 1 N–H and O–H groups in total. The molecule has 1 aliphatic heterocycles. The fraction of sp³-hybridized carbons (Fsp3) is 0.474. The van der Waals surface area contributed by atoms with Crippen LogP contribution in [0.25, 0.3) is 0 Å². The van der Waals surface area contributed by atoms with E-state index in [1.165, 1.54) is 6.26 Å². The third-order valence-electron chi connectivity index (χ3n) is 5.17. The van der Waals surface area contributed by atoms with Crippen molar-refractivity contribution in [1.82, 2.24) is 10.2 Å². The molecule has 26 heavy (non-hydrogen) atoms. The summed E-state index contributed by atoms with van der Waals surface area (Å²) in [6.45, 7) is 0.467.